The van der Waals surface area contributed by atoms with Crippen LogP contribution < -0.4 is 5.32 Å². The van der Waals surface area contributed by atoms with Crippen LogP contribution in [0.2, 0.25) is 0 Å². The minimum atomic E-state index is -0.208. The minimum absolute atomic E-state index is 0.0797. The molecule has 3 N–H and O–H groups in total. The van der Waals surface area contributed by atoms with E-state index in [0.717, 1.165) is 0 Å². The fourth-order valence-corrected chi connectivity index (χ4v) is 1.34. The molecule has 0 fully saturated rings. The first-order valence-corrected chi connectivity index (χ1v) is 5.31. The molecular weight excluding hydrogens is 206 g/mol. The van der Waals surface area contributed by atoms with E-state index >= 15 is 0 Å². The maximum atomic E-state index is 11.6. The van der Waals surface area contributed by atoms with Gasteiger partial charge in [-0.25, -0.2) is 0 Å². The zero-order valence-corrected chi connectivity index (χ0v) is 9.31. The Kier molecular flexibility index (Phi) is 4.79. The molecule has 0 saturated heterocycles. The van der Waals surface area contributed by atoms with E-state index in [1.54, 1.807) is 12.1 Å². The second-order valence-electron chi connectivity index (χ2n) is 3.88. The van der Waals surface area contributed by atoms with Crippen LogP contribution in [0, 0.1) is 5.92 Å². The molecule has 4 nitrogen and oxygen atoms in total. The van der Waals surface area contributed by atoms with Gasteiger partial charge in [0.25, 0.3) is 5.91 Å². The summed E-state index contributed by atoms with van der Waals surface area (Å²) < 4.78 is 0. The Morgan fingerprint density at radius 2 is 2.25 bits per heavy atom. The van der Waals surface area contributed by atoms with Gasteiger partial charge in [0.2, 0.25) is 0 Å². The molecule has 88 valence electrons. The molecule has 16 heavy (non-hydrogen) atoms. The summed E-state index contributed by atoms with van der Waals surface area (Å²) in [5.41, 5.74) is 0.441. The zero-order valence-electron chi connectivity index (χ0n) is 9.31. The number of carbonyl (C=O) groups is 1. The molecule has 1 atom stereocenters. The number of rotatable bonds is 5. The Morgan fingerprint density at radius 1 is 1.50 bits per heavy atom. The highest BCUT2D eigenvalue weighted by molar-refractivity contribution is 5.94. The van der Waals surface area contributed by atoms with Gasteiger partial charge in [0.05, 0.1) is 0 Å². The van der Waals surface area contributed by atoms with Crippen molar-refractivity contribution >= 4 is 5.91 Å². The summed E-state index contributed by atoms with van der Waals surface area (Å²) in [6.07, 6.45) is 0.667. The Bertz CT molecular complexity index is 352. The maximum Gasteiger partial charge on any atom is 0.251 e. The molecule has 4 heteroatoms. The Hall–Kier alpha value is -1.55. The number of hydrogen-bond acceptors (Lipinski definition) is 3. The second kappa shape index (κ2) is 6.12. The molecule has 0 spiro atoms. The molecular formula is C12H17NO3. The molecule has 1 unspecified atom stereocenters. The van der Waals surface area contributed by atoms with Gasteiger partial charge in [-0.15, -0.1) is 0 Å². The van der Waals surface area contributed by atoms with Crippen molar-refractivity contribution in [1.29, 1.82) is 0 Å². The van der Waals surface area contributed by atoms with E-state index in [2.05, 4.69) is 5.32 Å². The average molecular weight is 223 g/mol. The van der Waals surface area contributed by atoms with E-state index in [4.69, 9.17) is 5.11 Å². The molecule has 0 saturated carbocycles. The average Bonchev–Trinajstić information content (AvgIpc) is 2.26. The van der Waals surface area contributed by atoms with Gasteiger partial charge in [0.1, 0.15) is 5.75 Å². The molecule has 1 aromatic rings. The number of nitrogens with one attached hydrogen (secondary N) is 1. The molecule has 1 aromatic carbocycles. The van der Waals surface area contributed by atoms with Gasteiger partial charge in [-0.3, -0.25) is 4.79 Å². The van der Waals surface area contributed by atoms with Crippen LogP contribution in [0.5, 0.6) is 5.75 Å². The van der Waals surface area contributed by atoms with Gasteiger partial charge < -0.3 is 15.5 Å². The summed E-state index contributed by atoms with van der Waals surface area (Å²) in [6.45, 7) is 2.61. The summed E-state index contributed by atoms with van der Waals surface area (Å²) in [7, 11) is 0. The Balaban J connectivity index is 2.47. The first-order valence-electron chi connectivity index (χ1n) is 5.31. The smallest absolute Gasteiger partial charge is 0.251 e. The van der Waals surface area contributed by atoms with Gasteiger partial charge in [-0.2, -0.15) is 0 Å². The van der Waals surface area contributed by atoms with Crippen LogP contribution in [-0.2, 0) is 0 Å². The molecule has 0 heterocycles. The van der Waals surface area contributed by atoms with E-state index in [9.17, 15) is 9.90 Å². The number of hydrogen-bond donors (Lipinski definition) is 3. The fourth-order valence-electron chi connectivity index (χ4n) is 1.34. The standard InChI is InChI=1S/C12H17NO3/c1-9(5-6-14)8-13-12(16)10-3-2-4-11(15)7-10/h2-4,7,9,14-15H,5-6,8H2,1H3,(H,13,16). The summed E-state index contributed by atoms with van der Waals surface area (Å²) in [4.78, 5) is 11.6. The lowest BCUT2D eigenvalue weighted by Crippen LogP contribution is -2.28. The van der Waals surface area contributed by atoms with Crippen LogP contribution in [-0.4, -0.2) is 29.3 Å². The molecule has 0 aliphatic rings. The molecule has 0 aliphatic heterocycles. The minimum Gasteiger partial charge on any atom is -0.508 e. The lowest BCUT2D eigenvalue weighted by molar-refractivity contribution is 0.0945. The van der Waals surface area contributed by atoms with Crippen molar-refractivity contribution in [1.82, 2.24) is 5.32 Å². The van der Waals surface area contributed by atoms with Gasteiger partial charge in [-0.05, 0) is 30.5 Å². The largest absolute Gasteiger partial charge is 0.508 e. The molecule has 1 amide bonds. The fraction of sp³-hybridized carbons (Fsp3) is 0.417. The zero-order chi connectivity index (χ0) is 12.0. The first kappa shape index (κ1) is 12.5. The topological polar surface area (TPSA) is 69.6 Å². The third kappa shape index (κ3) is 3.90. The highest BCUT2D eigenvalue weighted by Crippen LogP contribution is 2.10. The van der Waals surface area contributed by atoms with Crippen molar-refractivity contribution in [2.45, 2.75) is 13.3 Å². The predicted octanol–water partition coefficient (Wildman–Crippen LogP) is 1.14. The summed E-state index contributed by atoms with van der Waals surface area (Å²) in [5, 5.41) is 20.7. The molecule has 0 bridgehead atoms. The van der Waals surface area contributed by atoms with Gasteiger partial charge in [0.15, 0.2) is 0 Å². The summed E-state index contributed by atoms with van der Waals surface area (Å²) in [5.74, 6) is 0.114. The first-order chi connectivity index (χ1) is 7.63. The summed E-state index contributed by atoms with van der Waals surface area (Å²) >= 11 is 0. The number of phenols is 1. The van der Waals surface area contributed by atoms with Crippen LogP contribution >= 0.6 is 0 Å². The number of carbonyl (C=O) groups excluding carboxylic acids is 1. The molecule has 0 aromatic heterocycles. The van der Waals surface area contributed by atoms with E-state index < -0.39 is 0 Å². The quantitative estimate of drug-likeness (QED) is 0.701. The van der Waals surface area contributed by atoms with Gasteiger partial charge in [-0.1, -0.05) is 13.0 Å². The number of benzene rings is 1. The lowest BCUT2D eigenvalue weighted by atomic mass is 10.1. The Morgan fingerprint density at radius 3 is 2.88 bits per heavy atom. The van der Waals surface area contributed by atoms with Crippen LogP contribution in [0.3, 0.4) is 0 Å². The van der Waals surface area contributed by atoms with E-state index in [1.165, 1.54) is 12.1 Å². The van der Waals surface area contributed by atoms with Gasteiger partial charge in [0, 0.05) is 18.7 Å². The normalized spacial score (nSPS) is 12.1. The van der Waals surface area contributed by atoms with Crippen molar-refractivity contribution in [2.24, 2.45) is 5.92 Å². The van der Waals surface area contributed by atoms with Crippen molar-refractivity contribution in [3.05, 3.63) is 29.8 Å². The van der Waals surface area contributed by atoms with Crippen molar-refractivity contribution in [3.8, 4) is 5.75 Å². The number of aliphatic hydroxyl groups is 1. The number of aromatic hydroxyl groups is 1. The van der Waals surface area contributed by atoms with Crippen LogP contribution in [0.1, 0.15) is 23.7 Å². The molecule has 1 rings (SSSR count). The van der Waals surface area contributed by atoms with Gasteiger partial charge >= 0.3 is 0 Å². The second-order valence-corrected chi connectivity index (χ2v) is 3.88. The van der Waals surface area contributed by atoms with E-state index in [1.807, 2.05) is 6.92 Å². The highest BCUT2D eigenvalue weighted by Gasteiger charge is 2.07. The lowest BCUT2D eigenvalue weighted by Gasteiger charge is -2.11. The Labute approximate surface area is 94.9 Å². The molecule has 0 radical (unpaired) electrons. The van der Waals surface area contributed by atoms with Crippen LogP contribution in [0.4, 0.5) is 0 Å². The van der Waals surface area contributed by atoms with Crippen molar-refractivity contribution in [2.75, 3.05) is 13.2 Å². The third-order valence-electron chi connectivity index (χ3n) is 2.34. The highest BCUT2D eigenvalue weighted by atomic mass is 16.3. The summed E-state index contributed by atoms with van der Waals surface area (Å²) in [6, 6.07) is 6.21. The van der Waals surface area contributed by atoms with Crippen LogP contribution in [0.25, 0.3) is 0 Å². The van der Waals surface area contributed by atoms with Crippen molar-refractivity contribution < 1.29 is 15.0 Å². The van der Waals surface area contributed by atoms with E-state index in [-0.39, 0.29) is 24.2 Å². The van der Waals surface area contributed by atoms with Crippen LogP contribution in [0.15, 0.2) is 24.3 Å². The maximum absolute atomic E-state index is 11.6. The van der Waals surface area contributed by atoms with E-state index in [0.29, 0.717) is 18.5 Å². The number of phenolic OH excluding ortho intramolecular Hbond substituents is 1. The predicted molar refractivity (Wildman–Crippen MR) is 61.3 cm³/mol. The SMILES string of the molecule is CC(CCO)CNC(=O)c1cccc(O)c1. The number of amides is 1. The monoisotopic (exact) mass is 223 g/mol. The molecule has 0 aliphatic carbocycles. The van der Waals surface area contributed by atoms with Crippen molar-refractivity contribution in [3.63, 3.8) is 0 Å². The third-order valence-corrected chi connectivity index (χ3v) is 2.34. The number of aliphatic hydroxyl groups excluding tert-OH is 1.